The predicted molar refractivity (Wildman–Crippen MR) is 87.5 cm³/mol. The number of sulfone groups is 1. The largest absolute Gasteiger partial charge is 0.493 e. The molecule has 0 fully saturated rings. The number of Topliss-reactive ketones (excluding diaryl/α,β-unsaturated/α-hetero) is 1. The molecule has 126 valence electrons. The summed E-state index contributed by atoms with van der Waals surface area (Å²) in [5, 5.41) is 0. The average Bonchev–Trinajstić information content (AvgIpc) is 2.54. The smallest absolute Gasteiger partial charge is 0.343 e. The third-order valence-corrected chi connectivity index (χ3v) is 4.42. The molecule has 2 aromatic carbocycles. The fourth-order valence-corrected chi connectivity index (χ4v) is 2.60. The molecule has 0 radical (unpaired) electrons. The molecule has 0 atom stereocenters. The molecule has 24 heavy (non-hydrogen) atoms. The van der Waals surface area contributed by atoms with E-state index in [2.05, 4.69) is 0 Å². The Hall–Kier alpha value is -2.67. The van der Waals surface area contributed by atoms with Crippen molar-refractivity contribution in [2.24, 2.45) is 0 Å². The number of methoxy groups -OCH3 is 1. The zero-order chi connectivity index (χ0) is 17.9. The van der Waals surface area contributed by atoms with E-state index >= 15 is 0 Å². The molecule has 2 aromatic rings. The van der Waals surface area contributed by atoms with E-state index in [1.165, 1.54) is 56.5 Å². The molecule has 0 spiro atoms. The molecule has 0 aliphatic rings. The first kappa shape index (κ1) is 17.7. The number of hydrogen-bond donors (Lipinski definition) is 0. The van der Waals surface area contributed by atoms with Crippen molar-refractivity contribution in [1.82, 2.24) is 0 Å². The molecule has 0 N–H and O–H groups in total. The van der Waals surface area contributed by atoms with E-state index < -0.39 is 15.8 Å². The summed E-state index contributed by atoms with van der Waals surface area (Å²) >= 11 is 0. The Bertz CT molecular complexity index is 882. The van der Waals surface area contributed by atoms with Crippen molar-refractivity contribution in [2.45, 2.75) is 11.8 Å². The quantitative estimate of drug-likeness (QED) is 0.469. The van der Waals surface area contributed by atoms with Crippen molar-refractivity contribution in [1.29, 1.82) is 0 Å². The molecule has 0 unspecified atom stereocenters. The van der Waals surface area contributed by atoms with E-state index in [1.807, 2.05) is 0 Å². The van der Waals surface area contributed by atoms with Crippen LogP contribution < -0.4 is 9.47 Å². The second-order valence-electron chi connectivity index (χ2n) is 5.11. The number of rotatable bonds is 5. The molecule has 0 heterocycles. The summed E-state index contributed by atoms with van der Waals surface area (Å²) in [5.41, 5.74) is 0.629. The van der Waals surface area contributed by atoms with Gasteiger partial charge in [-0.25, -0.2) is 13.2 Å². The monoisotopic (exact) mass is 348 g/mol. The van der Waals surface area contributed by atoms with Gasteiger partial charge in [0.2, 0.25) is 0 Å². The minimum atomic E-state index is -3.33. The molecule has 0 aliphatic heterocycles. The number of carbonyl (C=O) groups excluding carboxylic acids is 2. The van der Waals surface area contributed by atoms with E-state index in [4.69, 9.17) is 9.47 Å². The van der Waals surface area contributed by atoms with Gasteiger partial charge in [-0.1, -0.05) is 0 Å². The van der Waals surface area contributed by atoms with E-state index in [-0.39, 0.29) is 27.7 Å². The molecule has 0 aromatic heterocycles. The fraction of sp³-hybridized carbons (Fsp3) is 0.176. The normalized spacial score (nSPS) is 11.0. The fourth-order valence-electron chi connectivity index (χ4n) is 1.97. The SMILES string of the molecule is COc1cc(C(C)=O)ccc1OC(=O)c1ccc(S(C)(=O)=O)cc1. The Balaban J connectivity index is 2.25. The Morgan fingerprint density at radius 2 is 1.50 bits per heavy atom. The van der Waals surface area contributed by atoms with Crippen LogP contribution in [0.1, 0.15) is 27.6 Å². The molecule has 6 nitrogen and oxygen atoms in total. The first-order chi connectivity index (χ1) is 11.2. The van der Waals surface area contributed by atoms with Gasteiger partial charge in [-0.15, -0.1) is 0 Å². The predicted octanol–water partition coefficient (Wildman–Crippen LogP) is 2.52. The highest BCUT2D eigenvalue weighted by Gasteiger charge is 2.15. The average molecular weight is 348 g/mol. The summed E-state index contributed by atoms with van der Waals surface area (Å²) in [7, 11) is -1.93. The first-order valence-electron chi connectivity index (χ1n) is 6.93. The van der Waals surface area contributed by atoms with Crippen LogP contribution >= 0.6 is 0 Å². The molecular weight excluding hydrogens is 332 g/mol. The Morgan fingerprint density at radius 3 is 2.00 bits per heavy atom. The first-order valence-corrected chi connectivity index (χ1v) is 8.83. The van der Waals surface area contributed by atoms with Gasteiger partial charge in [-0.3, -0.25) is 4.79 Å². The van der Waals surface area contributed by atoms with Crippen LogP contribution in [0.15, 0.2) is 47.4 Å². The van der Waals surface area contributed by atoms with Gasteiger partial charge in [0.05, 0.1) is 17.6 Å². The highest BCUT2D eigenvalue weighted by Crippen LogP contribution is 2.29. The highest BCUT2D eigenvalue weighted by atomic mass is 32.2. The second-order valence-corrected chi connectivity index (χ2v) is 7.12. The van der Waals surface area contributed by atoms with Gasteiger partial charge < -0.3 is 9.47 Å². The number of carbonyl (C=O) groups is 2. The lowest BCUT2D eigenvalue weighted by Crippen LogP contribution is -2.10. The molecule has 0 saturated heterocycles. The third kappa shape index (κ3) is 3.99. The summed E-state index contributed by atoms with van der Waals surface area (Å²) in [6.45, 7) is 1.42. The van der Waals surface area contributed by atoms with Gasteiger partial charge in [-0.05, 0) is 49.4 Å². The summed E-state index contributed by atoms with van der Waals surface area (Å²) in [6, 6.07) is 9.89. The number of esters is 1. The number of hydrogen-bond acceptors (Lipinski definition) is 6. The van der Waals surface area contributed by atoms with Gasteiger partial charge >= 0.3 is 5.97 Å². The van der Waals surface area contributed by atoms with Gasteiger partial charge in [0.15, 0.2) is 27.1 Å². The maximum atomic E-state index is 12.2. The Morgan fingerprint density at radius 1 is 0.917 bits per heavy atom. The zero-order valence-electron chi connectivity index (χ0n) is 13.4. The molecule has 2 rings (SSSR count). The van der Waals surface area contributed by atoms with E-state index in [1.54, 1.807) is 0 Å². The van der Waals surface area contributed by atoms with Crippen LogP contribution in [0.3, 0.4) is 0 Å². The third-order valence-electron chi connectivity index (χ3n) is 3.29. The topological polar surface area (TPSA) is 86.7 Å². The molecule has 7 heteroatoms. The van der Waals surface area contributed by atoms with Crippen LogP contribution in [0.5, 0.6) is 11.5 Å². The summed E-state index contributed by atoms with van der Waals surface area (Å²) in [4.78, 5) is 23.7. The van der Waals surface area contributed by atoms with Gasteiger partial charge in [-0.2, -0.15) is 0 Å². The summed E-state index contributed by atoms with van der Waals surface area (Å²) in [6.07, 6.45) is 1.09. The minimum absolute atomic E-state index is 0.113. The van der Waals surface area contributed by atoms with Crippen LogP contribution in [-0.2, 0) is 9.84 Å². The lowest BCUT2D eigenvalue weighted by molar-refractivity contribution is 0.0729. The highest BCUT2D eigenvalue weighted by molar-refractivity contribution is 7.90. The number of benzene rings is 2. The maximum Gasteiger partial charge on any atom is 0.343 e. The summed E-state index contributed by atoms with van der Waals surface area (Å²) in [5.74, 6) is -0.380. The zero-order valence-corrected chi connectivity index (χ0v) is 14.2. The standard InChI is InChI=1S/C17H16O6S/c1-11(18)13-6-9-15(16(10-13)22-2)23-17(19)12-4-7-14(8-5-12)24(3,20)21/h4-10H,1-3H3. The second kappa shape index (κ2) is 6.84. The van der Waals surface area contributed by atoms with Crippen LogP contribution in [-0.4, -0.2) is 33.5 Å². The molecule has 0 bridgehead atoms. The lowest BCUT2D eigenvalue weighted by atomic mass is 10.1. The number of ketones is 1. The van der Waals surface area contributed by atoms with Crippen LogP contribution in [0.2, 0.25) is 0 Å². The minimum Gasteiger partial charge on any atom is -0.493 e. The van der Waals surface area contributed by atoms with Crippen LogP contribution in [0.4, 0.5) is 0 Å². The van der Waals surface area contributed by atoms with Crippen molar-refractivity contribution < 1.29 is 27.5 Å². The van der Waals surface area contributed by atoms with Crippen molar-refractivity contribution in [3.05, 3.63) is 53.6 Å². The molecule has 0 amide bonds. The van der Waals surface area contributed by atoms with Crippen molar-refractivity contribution in [2.75, 3.05) is 13.4 Å². The van der Waals surface area contributed by atoms with Crippen molar-refractivity contribution in [3.8, 4) is 11.5 Å². The molecular formula is C17H16O6S. The van der Waals surface area contributed by atoms with Gasteiger partial charge in [0.1, 0.15) is 0 Å². The van der Waals surface area contributed by atoms with Gasteiger partial charge in [0.25, 0.3) is 0 Å². The van der Waals surface area contributed by atoms with E-state index in [9.17, 15) is 18.0 Å². The summed E-state index contributed by atoms with van der Waals surface area (Å²) < 4.78 is 33.2. The Kier molecular flexibility index (Phi) is 5.04. The number of ether oxygens (including phenoxy) is 2. The van der Waals surface area contributed by atoms with Crippen LogP contribution in [0.25, 0.3) is 0 Å². The van der Waals surface area contributed by atoms with E-state index in [0.29, 0.717) is 5.56 Å². The van der Waals surface area contributed by atoms with E-state index in [0.717, 1.165) is 6.26 Å². The van der Waals surface area contributed by atoms with Gasteiger partial charge in [0, 0.05) is 11.8 Å². The maximum absolute atomic E-state index is 12.2. The van der Waals surface area contributed by atoms with Crippen LogP contribution in [0, 0.1) is 0 Å². The lowest BCUT2D eigenvalue weighted by Gasteiger charge is -2.10. The van der Waals surface area contributed by atoms with Crippen molar-refractivity contribution in [3.63, 3.8) is 0 Å². The van der Waals surface area contributed by atoms with Crippen molar-refractivity contribution >= 4 is 21.6 Å². The Labute approximate surface area is 139 Å². The molecule has 0 aliphatic carbocycles. The molecule has 0 saturated carbocycles.